The van der Waals surface area contributed by atoms with Gasteiger partial charge in [-0.25, -0.2) is 0 Å². The summed E-state index contributed by atoms with van der Waals surface area (Å²) in [7, 11) is -1.16. The molecular formula is C8H11F3O2S. The fourth-order valence-corrected chi connectivity index (χ4v) is 4.47. The Balaban J connectivity index is 2.24. The van der Waals surface area contributed by atoms with Crippen molar-refractivity contribution in [3.8, 4) is 0 Å². The highest BCUT2D eigenvalue weighted by atomic mass is 32.2. The highest BCUT2D eigenvalue weighted by Crippen LogP contribution is 2.47. The summed E-state index contributed by atoms with van der Waals surface area (Å²) in [6.45, 7) is 0. The first-order valence-corrected chi connectivity index (χ1v) is 5.79. The van der Waals surface area contributed by atoms with Gasteiger partial charge in [-0.15, -0.1) is 0 Å². The molecule has 1 N–H and O–H groups in total. The van der Waals surface area contributed by atoms with Gasteiger partial charge in [-0.3, -0.25) is 4.21 Å². The molecule has 0 amide bonds. The molecule has 2 aliphatic heterocycles. The number of rotatable bonds is 0. The maximum absolute atomic E-state index is 12.5. The number of hydrogen-bond acceptors (Lipinski definition) is 2. The SMILES string of the molecule is O=S1C2CCC1CC(O)(C(F)(F)F)C2. The van der Waals surface area contributed by atoms with E-state index in [0.717, 1.165) is 0 Å². The number of halogens is 3. The first kappa shape index (κ1) is 10.4. The zero-order valence-corrected chi connectivity index (χ0v) is 8.20. The van der Waals surface area contributed by atoms with Gasteiger partial charge >= 0.3 is 6.18 Å². The van der Waals surface area contributed by atoms with E-state index in [1.165, 1.54) is 0 Å². The minimum absolute atomic E-state index is 0.389. The maximum atomic E-state index is 12.5. The molecule has 0 aromatic rings. The average molecular weight is 228 g/mol. The second-order valence-corrected chi connectivity index (χ2v) is 6.08. The van der Waals surface area contributed by atoms with E-state index in [4.69, 9.17) is 0 Å². The molecule has 82 valence electrons. The van der Waals surface area contributed by atoms with Crippen molar-refractivity contribution in [2.45, 2.75) is 48.0 Å². The van der Waals surface area contributed by atoms with Gasteiger partial charge in [-0.1, -0.05) is 0 Å². The fraction of sp³-hybridized carbons (Fsp3) is 1.00. The molecule has 0 radical (unpaired) electrons. The summed E-state index contributed by atoms with van der Waals surface area (Å²) >= 11 is 0. The molecule has 0 aliphatic carbocycles. The van der Waals surface area contributed by atoms with Crippen LogP contribution in [0.15, 0.2) is 0 Å². The predicted octanol–water partition coefficient (Wildman–Crippen LogP) is 1.35. The molecule has 0 aromatic heterocycles. The summed E-state index contributed by atoms with van der Waals surface area (Å²) in [6, 6.07) is 0. The lowest BCUT2D eigenvalue weighted by Crippen LogP contribution is -2.52. The minimum atomic E-state index is -4.58. The van der Waals surface area contributed by atoms with E-state index in [0.29, 0.717) is 12.8 Å². The highest BCUT2D eigenvalue weighted by Gasteiger charge is 2.60. The van der Waals surface area contributed by atoms with Crippen LogP contribution in [0, 0.1) is 0 Å². The Morgan fingerprint density at radius 3 is 2.00 bits per heavy atom. The largest absolute Gasteiger partial charge is 0.417 e. The Hall–Kier alpha value is -0.100. The van der Waals surface area contributed by atoms with Gasteiger partial charge in [0.25, 0.3) is 0 Å². The van der Waals surface area contributed by atoms with Crippen LogP contribution in [0.25, 0.3) is 0 Å². The third-order valence-corrected chi connectivity index (χ3v) is 5.24. The molecule has 0 saturated carbocycles. The molecule has 2 atom stereocenters. The van der Waals surface area contributed by atoms with Crippen molar-refractivity contribution in [1.29, 1.82) is 0 Å². The van der Waals surface area contributed by atoms with Gasteiger partial charge in [0.05, 0.1) is 0 Å². The first-order valence-electron chi connectivity index (χ1n) is 4.52. The molecule has 2 nitrogen and oxygen atoms in total. The molecule has 2 unspecified atom stereocenters. The summed E-state index contributed by atoms with van der Waals surface area (Å²) < 4.78 is 48.9. The van der Waals surface area contributed by atoms with Crippen LogP contribution in [0.4, 0.5) is 13.2 Å². The molecule has 0 aromatic carbocycles. The molecule has 0 spiro atoms. The summed E-state index contributed by atoms with van der Waals surface area (Å²) in [6.07, 6.45) is -4.26. The quantitative estimate of drug-likeness (QED) is 0.679. The Labute approximate surface area is 81.9 Å². The maximum Gasteiger partial charge on any atom is 0.417 e. The van der Waals surface area contributed by atoms with E-state index in [1.807, 2.05) is 0 Å². The average Bonchev–Trinajstić information content (AvgIpc) is 2.32. The molecule has 2 fully saturated rings. The minimum Gasteiger partial charge on any atom is -0.380 e. The van der Waals surface area contributed by atoms with Gasteiger partial charge in [-0.2, -0.15) is 13.2 Å². The lowest BCUT2D eigenvalue weighted by atomic mass is 9.93. The molecule has 14 heavy (non-hydrogen) atoms. The van der Waals surface area contributed by atoms with Crippen LogP contribution < -0.4 is 0 Å². The smallest absolute Gasteiger partial charge is 0.380 e. The number of hydrogen-bond donors (Lipinski definition) is 1. The first-order chi connectivity index (χ1) is 6.33. The Morgan fingerprint density at radius 2 is 1.64 bits per heavy atom. The summed E-state index contributed by atoms with van der Waals surface area (Å²) in [5.74, 6) is 0. The Morgan fingerprint density at radius 1 is 1.21 bits per heavy atom. The Kier molecular flexibility index (Phi) is 2.19. The second-order valence-electron chi connectivity index (χ2n) is 4.09. The van der Waals surface area contributed by atoms with Crippen LogP contribution in [0.2, 0.25) is 0 Å². The van der Waals surface area contributed by atoms with E-state index >= 15 is 0 Å². The second kappa shape index (κ2) is 2.95. The predicted molar refractivity (Wildman–Crippen MR) is 45.2 cm³/mol. The van der Waals surface area contributed by atoms with Crippen molar-refractivity contribution in [1.82, 2.24) is 0 Å². The van der Waals surface area contributed by atoms with E-state index in [9.17, 15) is 22.5 Å². The topological polar surface area (TPSA) is 37.3 Å². The molecule has 2 aliphatic rings. The molecule has 6 heteroatoms. The highest BCUT2D eigenvalue weighted by molar-refractivity contribution is 7.86. The van der Waals surface area contributed by atoms with E-state index in [-0.39, 0.29) is 12.8 Å². The Bertz CT molecular complexity index is 260. The van der Waals surface area contributed by atoms with Gasteiger partial charge in [0.1, 0.15) is 0 Å². The third kappa shape index (κ3) is 1.39. The van der Waals surface area contributed by atoms with Crippen molar-refractivity contribution >= 4 is 10.8 Å². The van der Waals surface area contributed by atoms with Crippen molar-refractivity contribution in [3.63, 3.8) is 0 Å². The zero-order valence-electron chi connectivity index (χ0n) is 7.38. The van der Waals surface area contributed by atoms with Crippen molar-refractivity contribution in [2.75, 3.05) is 0 Å². The van der Waals surface area contributed by atoms with Crippen LogP contribution in [0.3, 0.4) is 0 Å². The molecular weight excluding hydrogens is 217 g/mol. The monoisotopic (exact) mass is 228 g/mol. The van der Waals surface area contributed by atoms with E-state index < -0.39 is 33.1 Å². The van der Waals surface area contributed by atoms with Gasteiger partial charge in [0, 0.05) is 21.3 Å². The molecule has 2 bridgehead atoms. The molecule has 2 saturated heterocycles. The summed E-state index contributed by atoms with van der Waals surface area (Å²) in [5, 5.41) is 8.53. The van der Waals surface area contributed by atoms with E-state index in [2.05, 4.69) is 0 Å². The van der Waals surface area contributed by atoms with Gasteiger partial charge in [-0.05, 0) is 25.7 Å². The number of aliphatic hydroxyl groups is 1. The third-order valence-electron chi connectivity index (χ3n) is 3.13. The normalized spacial score (nSPS) is 48.1. The molecule has 2 heterocycles. The van der Waals surface area contributed by atoms with Gasteiger partial charge in [0.2, 0.25) is 0 Å². The summed E-state index contributed by atoms with van der Waals surface area (Å²) in [5.41, 5.74) is -2.59. The van der Waals surface area contributed by atoms with Crippen LogP contribution in [0.5, 0.6) is 0 Å². The lowest BCUT2D eigenvalue weighted by molar-refractivity contribution is -0.264. The lowest BCUT2D eigenvalue weighted by Gasteiger charge is -2.36. The van der Waals surface area contributed by atoms with Gasteiger partial charge in [0.15, 0.2) is 5.60 Å². The van der Waals surface area contributed by atoms with Crippen molar-refractivity contribution < 1.29 is 22.5 Å². The summed E-state index contributed by atoms with van der Waals surface area (Å²) in [4.78, 5) is 0. The standard InChI is InChI=1S/C8H11F3O2S/c9-8(10,11)7(12)3-5-1-2-6(4-7)14(5)13/h5-6,12H,1-4H2. The number of alkyl halides is 3. The van der Waals surface area contributed by atoms with Crippen LogP contribution in [-0.4, -0.2) is 31.6 Å². The van der Waals surface area contributed by atoms with Crippen molar-refractivity contribution in [3.05, 3.63) is 0 Å². The number of fused-ring (bicyclic) bond motifs is 2. The zero-order chi connectivity index (χ0) is 10.6. The van der Waals surface area contributed by atoms with Crippen LogP contribution in [-0.2, 0) is 10.8 Å². The fourth-order valence-electron chi connectivity index (χ4n) is 2.31. The van der Waals surface area contributed by atoms with Crippen LogP contribution >= 0.6 is 0 Å². The van der Waals surface area contributed by atoms with Gasteiger partial charge < -0.3 is 5.11 Å². The van der Waals surface area contributed by atoms with Crippen molar-refractivity contribution in [2.24, 2.45) is 0 Å². The van der Waals surface area contributed by atoms with E-state index in [1.54, 1.807) is 0 Å². The van der Waals surface area contributed by atoms with Crippen LogP contribution in [0.1, 0.15) is 25.7 Å². The molecule has 2 rings (SSSR count).